The van der Waals surface area contributed by atoms with Crippen LogP contribution in [0.1, 0.15) is 58.1 Å². The van der Waals surface area contributed by atoms with Gasteiger partial charge in [0.15, 0.2) is 0 Å². The van der Waals surface area contributed by atoms with Gasteiger partial charge < -0.3 is 14.9 Å². The highest BCUT2D eigenvalue weighted by Crippen LogP contribution is 2.36. The number of rotatable bonds is 7. The van der Waals surface area contributed by atoms with E-state index < -0.39 is 6.10 Å². The molecule has 0 saturated heterocycles. The van der Waals surface area contributed by atoms with E-state index in [2.05, 4.69) is 32.9 Å². The molecular weight excluding hydrogens is 316 g/mol. The van der Waals surface area contributed by atoms with Gasteiger partial charge in [0.25, 0.3) is 0 Å². The molecular formula is C21H26O4. The fourth-order valence-electron chi connectivity index (χ4n) is 2.75. The Balaban J connectivity index is 1.95. The van der Waals surface area contributed by atoms with Gasteiger partial charge in [0, 0.05) is 11.1 Å². The molecule has 2 N–H and O–H groups in total. The summed E-state index contributed by atoms with van der Waals surface area (Å²) in [4.78, 5) is 12.0. The van der Waals surface area contributed by atoms with Gasteiger partial charge in [-0.3, -0.25) is 0 Å². The summed E-state index contributed by atoms with van der Waals surface area (Å²) in [6.45, 7) is 6.30. The van der Waals surface area contributed by atoms with Gasteiger partial charge in [0.2, 0.25) is 0 Å². The average Bonchev–Trinajstić information content (AvgIpc) is 2.90. The summed E-state index contributed by atoms with van der Waals surface area (Å²) >= 11 is 0. The van der Waals surface area contributed by atoms with Crippen molar-refractivity contribution in [1.29, 1.82) is 0 Å². The van der Waals surface area contributed by atoms with Crippen LogP contribution >= 0.6 is 0 Å². The van der Waals surface area contributed by atoms with Gasteiger partial charge in [-0.15, -0.1) is 0 Å². The second-order valence-electron chi connectivity index (χ2n) is 6.67. The number of aromatic hydroxyl groups is 2. The van der Waals surface area contributed by atoms with Crippen LogP contribution < -0.4 is 0 Å². The topological polar surface area (TPSA) is 66.8 Å². The minimum atomic E-state index is -0.641. The molecule has 0 aliphatic carbocycles. The van der Waals surface area contributed by atoms with Crippen molar-refractivity contribution in [3.63, 3.8) is 0 Å². The number of cyclic esters (lactones) is 1. The Morgan fingerprint density at radius 3 is 2.64 bits per heavy atom. The van der Waals surface area contributed by atoms with Crippen LogP contribution in [0.3, 0.4) is 0 Å². The van der Waals surface area contributed by atoms with Crippen LogP contribution in [0.25, 0.3) is 0 Å². The molecule has 25 heavy (non-hydrogen) atoms. The first kappa shape index (κ1) is 18.8. The maximum Gasteiger partial charge on any atom is 0.334 e. The molecule has 0 amide bonds. The lowest BCUT2D eigenvalue weighted by Gasteiger charge is -2.10. The molecule has 134 valence electrons. The van der Waals surface area contributed by atoms with Gasteiger partial charge in [-0.1, -0.05) is 23.3 Å². The smallest absolute Gasteiger partial charge is 0.334 e. The van der Waals surface area contributed by atoms with Crippen molar-refractivity contribution >= 4 is 5.97 Å². The second-order valence-corrected chi connectivity index (χ2v) is 6.67. The largest absolute Gasteiger partial charge is 0.508 e. The first-order chi connectivity index (χ1) is 11.9. The SMILES string of the molecule is CC(C)=CCCC(C)=CCCC1=C[C@H](c2cc(O)ccc2O)OC1=O. The van der Waals surface area contributed by atoms with Crippen molar-refractivity contribution in [3.8, 4) is 11.5 Å². The normalized spacial score (nSPS) is 17.2. The van der Waals surface area contributed by atoms with Crippen LogP contribution in [-0.4, -0.2) is 16.2 Å². The number of ether oxygens (including phenoxy) is 1. The quantitative estimate of drug-likeness (QED) is 0.411. The van der Waals surface area contributed by atoms with E-state index in [-0.39, 0.29) is 17.5 Å². The highest BCUT2D eigenvalue weighted by atomic mass is 16.5. The third kappa shape index (κ3) is 5.52. The van der Waals surface area contributed by atoms with Gasteiger partial charge in [-0.05, 0) is 70.7 Å². The predicted molar refractivity (Wildman–Crippen MR) is 98.3 cm³/mol. The first-order valence-corrected chi connectivity index (χ1v) is 8.59. The molecule has 0 aromatic heterocycles. The summed E-state index contributed by atoms with van der Waals surface area (Å²) in [6.07, 6.45) is 8.91. The predicted octanol–water partition coefficient (Wildman–Crippen LogP) is 5.10. The number of allylic oxidation sites excluding steroid dienone is 4. The van der Waals surface area contributed by atoms with Gasteiger partial charge >= 0.3 is 5.97 Å². The van der Waals surface area contributed by atoms with E-state index in [9.17, 15) is 15.0 Å². The van der Waals surface area contributed by atoms with E-state index in [0.29, 0.717) is 17.6 Å². The molecule has 0 bridgehead atoms. The van der Waals surface area contributed by atoms with Crippen LogP contribution in [0.5, 0.6) is 11.5 Å². The van der Waals surface area contributed by atoms with Crippen molar-refractivity contribution in [1.82, 2.24) is 0 Å². The summed E-state index contributed by atoms with van der Waals surface area (Å²) in [6, 6.07) is 4.20. The molecule has 1 aromatic carbocycles. The van der Waals surface area contributed by atoms with Crippen molar-refractivity contribution in [2.45, 2.75) is 52.6 Å². The van der Waals surface area contributed by atoms with Crippen molar-refractivity contribution in [3.05, 3.63) is 58.7 Å². The summed E-state index contributed by atoms with van der Waals surface area (Å²) < 4.78 is 5.31. The van der Waals surface area contributed by atoms with Crippen LogP contribution in [0.4, 0.5) is 0 Å². The molecule has 0 radical (unpaired) electrons. The molecule has 1 aliphatic heterocycles. The Labute approximate surface area is 149 Å². The van der Waals surface area contributed by atoms with E-state index in [0.717, 1.165) is 19.3 Å². The highest BCUT2D eigenvalue weighted by molar-refractivity contribution is 5.91. The molecule has 0 spiro atoms. The fourth-order valence-corrected chi connectivity index (χ4v) is 2.75. The summed E-state index contributed by atoms with van der Waals surface area (Å²) in [5.41, 5.74) is 3.65. The Bertz CT molecular complexity index is 721. The van der Waals surface area contributed by atoms with Crippen molar-refractivity contribution < 1.29 is 19.7 Å². The average molecular weight is 342 g/mol. The summed E-state index contributed by atoms with van der Waals surface area (Å²) in [5, 5.41) is 19.4. The zero-order valence-corrected chi connectivity index (χ0v) is 15.1. The Morgan fingerprint density at radius 1 is 1.16 bits per heavy atom. The zero-order chi connectivity index (χ0) is 18.4. The van der Waals surface area contributed by atoms with Gasteiger partial charge in [-0.25, -0.2) is 4.79 Å². The molecule has 0 fully saturated rings. The monoisotopic (exact) mass is 342 g/mol. The van der Waals surface area contributed by atoms with Crippen molar-refractivity contribution in [2.75, 3.05) is 0 Å². The lowest BCUT2D eigenvalue weighted by Crippen LogP contribution is -2.02. The summed E-state index contributed by atoms with van der Waals surface area (Å²) in [5.74, 6) is -0.327. The van der Waals surface area contributed by atoms with Crippen LogP contribution in [0.15, 0.2) is 53.1 Å². The lowest BCUT2D eigenvalue weighted by molar-refractivity contribution is -0.140. The van der Waals surface area contributed by atoms with E-state index in [1.165, 1.54) is 29.3 Å². The van der Waals surface area contributed by atoms with Crippen LogP contribution in [0, 0.1) is 0 Å². The molecule has 4 heteroatoms. The number of hydrogen-bond donors (Lipinski definition) is 2. The third-order valence-electron chi connectivity index (χ3n) is 4.16. The van der Waals surface area contributed by atoms with Gasteiger partial charge in [0.1, 0.15) is 17.6 Å². The van der Waals surface area contributed by atoms with Gasteiger partial charge in [-0.2, -0.15) is 0 Å². The number of hydrogen-bond acceptors (Lipinski definition) is 4. The maximum atomic E-state index is 12.0. The Hall–Kier alpha value is -2.49. The fraction of sp³-hybridized carbons (Fsp3) is 0.381. The van der Waals surface area contributed by atoms with E-state index in [1.807, 2.05) is 0 Å². The Kier molecular flexibility index (Phi) is 6.45. The number of carbonyl (C=O) groups is 1. The third-order valence-corrected chi connectivity index (χ3v) is 4.16. The molecule has 2 rings (SSSR count). The highest BCUT2D eigenvalue weighted by Gasteiger charge is 2.28. The number of phenols is 2. The zero-order valence-electron chi connectivity index (χ0n) is 15.1. The first-order valence-electron chi connectivity index (χ1n) is 8.59. The van der Waals surface area contributed by atoms with Crippen LogP contribution in [0.2, 0.25) is 0 Å². The second kappa shape index (κ2) is 8.56. The van der Waals surface area contributed by atoms with Crippen LogP contribution in [-0.2, 0) is 9.53 Å². The molecule has 1 heterocycles. The van der Waals surface area contributed by atoms with Gasteiger partial charge in [0.05, 0.1) is 0 Å². The summed E-state index contributed by atoms with van der Waals surface area (Å²) in [7, 11) is 0. The number of esters is 1. The number of carbonyl (C=O) groups excluding carboxylic acids is 1. The molecule has 1 aromatic rings. The number of phenolic OH excluding ortho intramolecular Hbond substituents is 2. The molecule has 0 unspecified atom stereocenters. The van der Waals surface area contributed by atoms with E-state index in [1.54, 1.807) is 6.08 Å². The minimum absolute atomic E-state index is 0.00288. The number of benzene rings is 1. The standard InChI is InChI=1S/C21H26O4/c1-14(2)6-4-7-15(3)8-5-9-16-12-20(25-21(16)24)18-13-17(22)10-11-19(18)23/h6,8,10-13,20,22-23H,4-5,7,9H2,1-3H3/t20-/m1/s1. The van der Waals surface area contributed by atoms with E-state index >= 15 is 0 Å². The van der Waals surface area contributed by atoms with Crippen molar-refractivity contribution in [2.24, 2.45) is 0 Å². The minimum Gasteiger partial charge on any atom is -0.508 e. The lowest BCUT2D eigenvalue weighted by atomic mass is 10.0. The molecule has 1 aliphatic rings. The maximum absolute atomic E-state index is 12.0. The molecule has 1 atom stereocenters. The van der Waals surface area contributed by atoms with E-state index in [4.69, 9.17) is 4.74 Å². The Morgan fingerprint density at radius 2 is 1.92 bits per heavy atom. The molecule has 0 saturated carbocycles. The molecule has 4 nitrogen and oxygen atoms in total.